The van der Waals surface area contributed by atoms with E-state index in [0.29, 0.717) is 35.7 Å². The zero-order valence-corrected chi connectivity index (χ0v) is 24.2. The summed E-state index contributed by atoms with van der Waals surface area (Å²) >= 11 is 12.6. The van der Waals surface area contributed by atoms with E-state index in [1.165, 1.54) is 11.4 Å². The highest BCUT2D eigenvalue weighted by Gasteiger charge is 2.47. The molecule has 4 unspecified atom stereocenters. The van der Waals surface area contributed by atoms with Crippen molar-refractivity contribution in [3.63, 3.8) is 0 Å². The number of amides is 1. The summed E-state index contributed by atoms with van der Waals surface area (Å²) in [4.78, 5) is 28.3. The number of sulfonamides is 1. The van der Waals surface area contributed by atoms with Crippen molar-refractivity contribution >= 4 is 45.1 Å². The molecule has 0 bridgehead atoms. The number of likely N-dealkylation sites (N-methyl/N-ethyl adjacent to an activating group) is 1. The van der Waals surface area contributed by atoms with Crippen LogP contribution in [0.15, 0.2) is 48.5 Å². The fourth-order valence-electron chi connectivity index (χ4n) is 5.48. The largest absolute Gasteiger partial charge is 0.469 e. The smallest absolute Gasteiger partial charge is 0.306 e. The summed E-state index contributed by atoms with van der Waals surface area (Å²) in [6, 6.07) is 14.1. The Kier molecular flexibility index (Phi) is 9.07. The molecule has 4 atom stereocenters. The van der Waals surface area contributed by atoms with E-state index in [2.05, 4.69) is 0 Å². The first-order valence-electron chi connectivity index (χ1n) is 12.9. The van der Waals surface area contributed by atoms with Gasteiger partial charge in [-0.3, -0.25) is 9.59 Å². The van der Waals surface area contributed by atoms with Gasteiger partial charge in [-0.2, -0.15) is 0 Å². The van der Waals surface area contributed by atoms with Crippen LogP contribution in [0.25, 0.3) is 0 Å². The Labute approximate surface area is 235 Å². The predicted octanol–water partition coefficient (Wildman–Crippen LogP) is 5.43. The van der Waals surface area contributed by atoms with E-state index in [4.69, 9.17) is 27.9 Å². The number of esters is 1. The quantitative estimate of drug-likeness (QED) is 0.350. The van der Waals surface area contributed by atoms with E-state index in [0.717, 1.165) is 11.1 Å². The SMILES string of the molecule is CCC(CN(C)S(=O)(=O)C1CC1)N1C(=O)C(CC(=O)OC)CC(c2cccc(Cl)c2)C1c1ccc(Cl)cc1. The molecule has 0 N–H and O–H groups in total. The average molecular weight is 582 g/mol. The third kappa shape index (κ3) is 6.19. The van der Waals surface area contributed by atoms with Crippen molar-refractivity contribution in [2.24, 2.45) is 5.92 Å². The zero-order chi connectivity index (χ0) is 27.6. The minimum Gasteiger partial charge on any atom is -0.469 e. The molecule has 0 radical (unpaired) electrons. The van der Waals surface area contributed by atoms with Gasteiger partial charge in [0, 0.05) is 41.5 Å². The molecule has 0 spiro atoms. The molecule has 206 valence electrons. The summed E-state index contributed by atoms with van der Waals surface area (Å²) < 4.78 is 32.3. The van der Waals surface area contributed by atoms with Crippen molar-refractivity contribution < 1.29 is 22.7 Å². The second-order valence-corrected chi connectivity index (χ2v) is 13.4. The van der Waals surface area contributed by atoms with Crippen molar-refractivity contribution in [1.82, 2.24) is 9.21 Å². The minimum absolute atomic E-state index is 0.0527. The minimum atomic E-state index is -3.44. The molecule has 1 heterocycles. The van der Waals surface area contributed by atoms with Gasteiger partial charge in [0.2, 0.25) is 15.9 Å². The summed E-state index contributed by atoms with van der Waals surface area (Å²) in [5, 5.41) is 0.806. The molecule has 1 saturated heterocycles. The summed E-state index contributed by atoms with van der Waals surface area (Å²) in [6.07, 6.45) is 2.23. The van der Waals surface area contributed by atoms with Crippen molar-refractivity contribution in [3.8, 4) is 0 Å². The summed E-state index contributed by atoms with van der Waals surface area (Å²) in [5.74, 6) is -1.45. The maximum atomic E-state index is 14.1. The maximum Gasteiger partial charge on any atom is 0.306 e. The number of benzene rings is 2. The van der Waals surface area contributed by atoms with E-state index >= 15 is 0 Å². The van der Waals surface area contributed by atoms with Crippen LogP contribution in [0.4, 0.5) is 0 Å². The molecule has 2 aromatic carbocycles. The van der Waals surface area contributed by atoms with E-state index in [9.17, 15) is 18.0 Å². The van der Waals surface area contributed by atoms with Crippen LogP contribution in [0.2, 0.25) is 10.0 Å². The summed E-state index contributed by atoms with van der Waals surface area (Å²) in [6.45, 7) is 2.12. The Bertz CT molecular complexity index is 1270. The average Bonchev–Trinajstić information content (AvgIpc) is 3.75. The van der Waals surface area contributed by atoms with Crippen molar-refractivity contribution in [1.29, 1.82) is 0 Å². The number of nitrogens with zero attached hydrogens (tertiary/aromatic N) is 2. The molecule has 1 aliphatic carbocycles. The third-order valence-corrected chi connectivity index (χ3v) is 10.5. The van der Waals surface area contributed by atoms with Gasteiger partial charge in [-0.05, 0) is 61.1 Å². The number of piperidine rings is 1. The molecule has 2 fully saturated rings. The standard InChI is InChI=1S/C28H34Cl2N2O5S/c1-4-23(17-31(2)38(35,36)24-12-13-24)32-27(18-8-10-21(29)11-9-18)25(19-6-5-7-22(30)14-19)15-20(28(32)34)16-26(33)37-3/h5-11,14,20,23-25,27H,4,12-13,15-17H2,1-3H3. The van der Waals surface area contributed by atoms with Gasteiger partial charge in [0.25, 0.3) is 0 Å². The number of likely N-dealkylation sites (tertiary alicyclic amines) is 1. The Morgan fingerprint density at radius 1 is 1.11 bits per heavy atom. The topological polar surface area (TPSA) is 84.0 Å². The Morgan fingerprint density at radius 3 is 2.37 bits per heavy atom. The van der Waals surface area contributed by atoms with Gasteiger partial charge in [0.05, 0.1) is 24.8 Å². The normalized spacial score (nSPS) is 22.9. The molecular weight excluding hydrogens is 547 g/mol. The number of carbonyl (C=O) groups is 2. The fourth-order valence-corrected chi connectivity index (χ4v) is 7.43. The lowest BCUT2D eigenvalue weighted by Crippen LogP contribution is -2.55. The number of carbonyl (C=O) groups excluding carboxylic acids is 2. The van der Waals surface area contributed by atoms with Gasteiger partial charge < -0.3 is 9.64 Å². The zero-order valence-electron chi connectivity index (χ0n) is 21.8. The van der Waals surface area contributed by atoms with Gasteiger partial charge in [-0.1, -0.05) is 54.4 Å². The number of halogens is 2. The first-order valence-corrected chi connectivity index (χ1v) is 15.2. The van der Waals surface area contributed by atoms with Crippen LogP contribution in [0.5, 0.6) is 0 Å². The first-order chi connectivity index (χ1) is 18.1. The molecule has 7 nitrogen and oxygen atoms in total. The fraction of sp³-hybridized carbons (Fsp3) is 0.500. The molecule has 10 heteroatoms. The van der Waals surface area contributed by atoms with Crippen molar-refractivity contribution in [2.75, 3.05) is 20.7 Å². The monoisotopic (exact) mass is 580 g/mol. The molecule has 38 heavy (non-hydrogen) atoms. The number of rotatable bonds is 10. The summed E-state index contributed by atoms with van der Waals surface area (Å²) in [7, 11) is -0.540. The van der Waals surface area contributed by atoms with Gasteiger partial charge >= 0.3 is 5.97 Å². The molecule has 2 aromatic rings. The van der Waals surface area contributed by atoms with Crippen LogP contribution in [0.3, 0.4) is 0 Å². The van der Waals surface area contributed by atoms with Gasteiger partial charge in [0.1, 0.15) is 0 Å². The van der Waals surface area contributed by atoms with E-state index in [1.807, 2.05) is 42.2 Å². The van der Waals surface area contributed by atoms with Crippen molar-refractivity contribution in [2.45, 2.75) is 62.3 Å². The summed E-state index contributed by atoms with van der Waals surface area (Å²) in [5.41, 5.74) is 1.83. The lowest BCUT2D eigenvalue weighted by Gasteiger charge is -2.49. The van der Waals surface area contributed by atoms with E-state index < -0.39 is 34.0 Å². The highest BCUT2D eigenvalue weighted by atomic mass is 35.5. The van der Waals surface area contributed by atoms with E-state index in [1.54, 1.807) is 25.2 Å². The van der Waals surface area contributed by atoms with Crippen molar-refractivity contribution in [3.05, 3.63) is 69.7 Å². The Hall–Kier alpha value is -2.13. The molecule has 1 aliphatic heterocycles. The molecule has 1 amide bonds. The Balaban J connectivity index is 1.81. The third-order valence-electron chi connectivity index (χ3n) is 7.66. The number of hydrogen-bond donors (Lipinski definition) is 0. The lowest BCUT2D eigenvalue weighted by molar-refractivity contribution is -0.153. The second-order valence-electron chi connectivity index (χ2n) is 10.2. The van der Waals surface area contributed by atoms with Crippen LogP contribution in [-0.2, 0) is 24.3 Å². The van der Waals surface area contributed by atoms with Gasteiger partial charge in [0.15, 0.2) is 0 Å². The van der Waals surface area contributed by atoms with Crippen LogP contribution in [0, 0.1) is 5.92 Å². The maximum absolute atomic E-state index is 14.1. The van der Waals surface area contributed by atoms with Crippen LogP contribution >= 0.6 is 23.2 Å². The van der Waals surface area contributed by atoms with Crippen LogP contribution in [0.1, 0.15) is 62.1 Å². The highest BCUT2D eigenvalue weighted by molar-refractivity contribution is 7.90. The number of ether oxygens (including phenoxy) is 1. The molecule has 0 aromatic heterocycles. The van der Waals surface area contributed by atoms with Gasteiger partial charge in [-0.25, -0.2) is 12.7 Å². The molecule has 4 rings (SSSR count). The second kappa shape index (κ2) is 11.9. The lowest BCUT2D eigenvalue weighted by atomic mass is 9.74. The van der Waals surface area contributed by atoms with Gasteiger partial charge in [-0.15, -0.1) is 0 Å². The Morgan fingerprint density at radius 2 is 1.79 bits per heavy atom. The predicted molar refractivity (Wildman–Crippen MR) is 149 cm³/mol. The molecule has 1 saturated carbocycles. The van der Waals surface area contributed by atoms with Crippen LogP contribution in [-0.4, -0.2) is 61.5 Å². The van der Waals surface area contributed by atoms with Crippen LogP contribution < -0.4 is 0 Å². The molecule has 2 aliphatic rings. The first kappa shape index (κ1) is 28.9. The molecular formula is C28H34Cl2N2O5S. The highest BCUT2D eigenvalue weighted by Crippen LogP contribution is 2.48. The van der Waals surface area contributed by atoms with E-state index in [-0.39, 0.29) is 30.0 Å². The number of hydrogen-bond acceptors (Lipinski definition) is 5. The number of methoxy groups -OCH3 is 1.